The summed E-state index contributed by atoms with van der Waals surface area (Å²) in [6, 6.07) is 6.66. The van der Waals surface area contributed by atoms with Crippen molar-refractivity contribution in [2.24, 2.45) is 5.73 Å². The van der Waals surface area contributed by atoms with Crippen molar-refractivity contribution in [3.63, 3.8) is 0 Å². The summed E-state index contributed by atoms with van der Waals surface area (Å²) in [7, 11) is 0. The molecule has 1 saturated heterocycles. The summed E-state index contributed by atoms with van der Waals surface area (Å²) in [5.41, 5.74) is 7.00. The Labute approximate surface area is 209 Å². The van der Waals surface area contributed by atoms with E-state index in [9.17, 15) is 17.6 Å². The Bertz CT molecular complexity index is 1380. The van der Waals surface area contributed by atoms with Crippen LogP contribution in [-0.2, 0) is 0 Å². The van der Waals surface area contributed by atoms with Gasteiger partial charge in [0, 0.05) is 36.8 Å². The molecule has 8 nitrogen and oxygen atoms in total. The number of aliphatic hydroxyl groups is 1. The highest BCUT2D eigenvalue weighted by molar-refractivity contribution is 5.85. The molecular formula is C23H23ClF4N6O2. The van der Waals surface area contributed by atoms with Crippen LogP contribution in [-0.4, -0.2) is 68.1 Å². The van der Waals surface area contributed by atoms with Gasteiger partial charge in [0.2, 0.25) is 0 Å². The van der Waals surface area contributed by atoms with Crippen molar-refractivity contribution in [1.29, 1.82) is 0 Å². The van der Waals surface area contributed by atoms with Crippen LogP contribution in [0.4, 0.5) is 17.6 Å². The maximum atomic E-state index is 14.2. The second-order valence-corrected chi connectivity index (χ2v) is 8.45. The summed E-state index contributed by atoms with van der Waals surface area (Å²) < 4.78 is 63.1. The minimum absolute atomic E-state index is 0. The molecule has 3 N–H and O–H groups in total. The van der Waals surface area contributed by atoms with Gasteiger partial charge in [0.05, 0.1) is 12.1 Å². The molecule has 192 valence electrons. The molecule has 13 heteroatoms. The van der Waals surface area contributed by atoms with E-state index in [1.807, 2.05) is 0 Å². The second-order valence-electron chi connectivity index (χ2n) is 8.45. The molecule has 0 bridgehead atoms. The molecule has 4 heterocycles. The molecule has 1 aliphatic rings. The number of rotatable bonds is 6. The van der Waals surface area contributed by atoms with Gasteiger partial charge in [-0.1, -0.05) is 12.1 Å². The Balaban J connectivity index is 0.00000304. The number of hydrogen-bond acceptors (Lipinski definition) is 7. The predicted octanol–water partition coefficient (Wildman–Crippen LogP) is 3.51. The van der Waals surface area contributed by atoms with Crippen molar-refractivity contribution in [2.75, 3.05) is 26.3 Å². The molecule has 36 heavy (non-hydrogen) atoms. The van der Waals surface area contributed by atoms with Crippen LogP contribution < -0.4 is 10.5 Å². The first kappa shape index (κ1) is 26.0. The number of benzene rings is 1. The number of likely N-dealkylation sites (tertiary alicyclic amines) is 1. The molecule has 0 amide bonds. The predicted molar refractivity (Wildman–Crippen MR) is 126 cm³/mol. The van der Waals surface area contributed by atoms with Gasteiger partial charge in [-0.25, -0.2) is 9.37 Å². The van der Waals surface area contributed by atoms with E-state index in [2.05, 4.69) is 15.2 Å². The number of ether oxygens (including phenoxy) is 1. The number of pyridine rings is 2. The summed E-state index contributed by atoms with van der Waals surface area (Å²) in [6.07, 6.45) is -2.63. The van der Waals surface area contributed by atoms with E-state index in [1.54, 1.807) is 12.1 Å². The smallest absolute Gasteiger partial charge is 0.408 e. The van der Waals surface area contributed by atoms with Crippen molar-refractivity contribution >= 4 is 29.0 Å². The standard InChI is InChI=1S/C23H22F4N6O2.ClH/c24-16-9-13-1-3-17(29-18(13)10-19(16)35-8-7-34)22-31-30-20-4-2-14(11-33(20)22)21(23(25,26)27)32-6-5-15(28)12-32;/h1-4,9-11,15,21,34H,5-8,12,28H2;1H/t15?,21-;/m1./s1. The van der Waals surface area contributed by atoms with E-state index in [0.717, 1.165) is 0 Å². The van der Waals surface area contributed by atoms with Gasteiger partial charge >= 0.3 is 6.18 Å². The van der Waals surface area contributed by atoms with E-state index >= 15 is 0 Å². The first-order valence-electron chi connectivity index (χ1n) is 11.0. The van der Waals surface area contributed by atoms with E-state index in [1.165, 1.54) is 39.8 Å². The summed E-state index contributed by atoms with van der Waals surface area (Å²) in [6.45, 7) is 0.0475. The SMILES string of the molecule is Cl.NC1CCN([C@H](c2ccc3nnc(-c4ccc5cc(F)c(OCCO)cc5n4)n3c2)C(F)(F)F)C1. The zero-order chi connectivity index (χ0) is 24.7. The van der Waals surface area contributed by atoms with Gasteiger partial charge < -0.3 is 15.6 Å². The average molecular weight is 527 g/mol. The van der Waals surface area contributed by atoms with Crippen LogP contribution in [0.25, 0.3) is 28.1 Å². The molecule has 2 atom stereocenters. The van der Waals surface area contributed by atoms with Gasteiger partial charge in [0.15, 0.2) is 23.0 Å². The van der Waals surface area contributed by atoms with Gasteiger partial charge in [0.25, 0.3) is 0 Å². The number of halogens is 5. The lowest BCUT2D eigenvalue weighted by molar-refractivity contribution is -0.183. The zero-order valence-electron chi connectivity index (χ0n) is 18.8. The van der Waals surface area contributed by atoms with Crippen LogP contribution in [0.2, 0.25) is 0 Å². The first-order valence-corrected chi connectivity index (χ1v) is 11.0. The second kappa shape index (κ2) is 10.1. The summed E-state index contributed by atoms with van der Waals surface area (Å²) >= 11 is 0. The third kappa shape index (κ3) is 4.94. The fraction of sp³-hybridized carbons (Fsp3) is 0.348. The van der Waals surface area contributed by atoms with Gasteiger partial charge in [-0.3, -0.25) is 9.30 Å². The summed E-state index contributed by atoms with van der Waals surface area (Å²) in [5.74, 6) is -0.427. The van der Waals surface area contributed by atoms with Gasteiger partial charge in [-0.15, -0.1) is 22.6 Å². The third-order valence-corrected chi connectivity index (χ3v) is 5.99. The minimum Gasteiger partial charge on any atom is -0.488 e. The van der Waals surface area contributed by atoms with E-state index in [4.69, 9.17) is 15.6 Å². The number of aromatic nitrogens is 4. The lowest BCUT2D eigenvalue weighted by atomic mass is 10.1. The van der Waals surface area contributed by atoms with Crippen LogP contribution in [0.5, 0.6) is 5.75 Å². The molecule has 1 unspecified atom stereocenters. The fourth-order valence-corrected chi connectivity index (χ4v) is 4.42. The highest BCUT2D eigenvalue weighted by Crippen LogP contribution is 2.39. The normalized spacial score (nSPS) is 17.4. The number of nitrogens with two attached hydrogens (primary N) is 1. The quantitative estimate of drug-likeness (QED) is 0.371. The fourth-order valence-electron chi connectivity index (χ4n) is 4.42. The van der Waals surface area contributed by atoms with Crippen LogP contribution in [0.1, 0.15) is 18.0 Å². The highest BCUT2D eigenvalue weighted by Gasteiger charge is 2.46. The van der Waals surface area contributed by atoms with E-state index in [0.29, 0.717) is 28.7 Å². The lowest BCUT2D eigenvalue weighted by Crippen LogP contribution is -2.38. The molecule has 1 aromatic carbocycles. The maximum Gasteiger partial charge on any atom is 0.408 e. The monoisotopic (exact) mass is 526 g/mol. The van der Waals surface area contributed by atoms with Crippen LogP contribution in [0.3, 0.4) is 0 Å². The Morgan fingerprint density at radius 1 is 1.17 bits per heavy atom. The first-order chi connectivity index (χ1) is 16.7. The Morgan fingerprint density at radius 3 is 2.67 bits per heavy atom. The molecule has 5 rings (SSSR count). The largest absolute Gasteiger partial charge is 0.488 e. The molecule has 3 aromatic heterocycles. The van der Waals surface area contributed by atoms with E-state index in [-0.39, 0.29) is 61.9 Å². The topological polar surface area (TPSA) is 102 Å². The van der Waals surface area contributed by atoms with Crippen molar-refractivity contribution in [3.05, 3.63) is 54.0 Å². The number of hydrogen-bond donors (Lipinski definition) is 2. The Morgan fingerprint density at radius 2 is 1.97 bits per heavy atom. The van der Waals surface area contributed by atoms with Crippen molar-refractivity contribution in [1.82, 2.24) is 24.5 Å². The Kier molecular flexibility index (Phi) is 7.32. The minimum atomic E-state index is -4.50. The van der Waals surface area contributed by atoms with Crippen LogP contribution in [0.15, 0.2) is 42.6 Å². The number of alkyl halides is 3. The molecule has 0 saturated carbocycles. The van der Waals surface area contributed by atoms with Gasteiger partial charge in [-0.05, 0) is 30.2 Å². The van der Waals surface area contributed by atoms with Crippen molar-refractivity contribution in [2.45, 2.75) is 24.7 Å². The number of aliphatic hydroxyl groups excluding tert-OH is 1. The zero-order valence-corrected chi connectivity index (χ0v) is 19.6. The summed E-state index contributed by atoms with van der Waals surface area (Å²) in [4.78, 5) is 5.85. The maximum absolute atomic E-state index is 14.2. The lowest BCUT2D eigenvalue weighted by Gasteiger charge is -2.30. The highest BCUT2D eigenvalue weighted by atomic mass is 35.5. The molecule has 1 fully saturated rings. The average Bonchev–Trinajstić information content (AvgIpc) is 3.42. The van der Waals surface area contributed by atoms with Crippen LogP contribution in [0, 0.1) is 5.82 Å². The van der Waals surface area contributed by atoms with Gasteiger partial charge in [-0.2, -0.15) is 13.2 Å². The number of fused-ring (bicyclic) bond motifs is 2. The van der Waals surface area contributed by atoms with Crippen LogP contribution >= 0.6 is 12.4 Å². The summed E-state index contributed by atoms with van der Waals surface area (Å²) in [5, 5.41) is 17.6. The molecule has 0 spiro atoms. The van der Waals surface area contributed by atoms with Crippen molar-refractivity contribution in [3.8, 4) is 17.3 Å². The molecule has 0 radical (unpaired) electrons. The van der Waals surface area contributed by atoms with Crippen molar-refractivity contribution < 1.29 is 27.4 Å². The Hall–Kier alpha value is -3.06. The molecule has 1 aliphatic heterocycles. The molecule has 0 aliphatic carbocycles. The third-order valence-electron chi connectivity index (χ3n) is 5.99. The van der Waals surface area contributed by atoms with E-state index < -0.39 is 18.0 Å². The molecular weight excluding hydrogens is 504 g/mol. The van der Waals surface area contributed by atoms with Gasteiger partial charge in [0.1, 0.15) is 18.3 Å². The molecule has 4 aromatic rings. The number of nitrogens with zero attached hydrogens (tertiary/aromatic N) is 5.